The minimum absolute atomic E-state index is 0.0745. The zero-order valence-corrected chi connectivity index (χ0v) is 22.5. The van der Waals surface area contributed by atoms with Crippen molar-refractivity contribution in [3.05, 3.63) is 71.4 Å². The Labute approximate surface area is 221 Å². The maximum atomic E-state index is 13.9. The number of nitrogens with zero attached hydrogens (tertiary/aromatic N) is 2. The van der Waals surface area contributed by atoms with Gasteiger partial charge < -0.3 is 10.1 Å². The van der Waals surface area contributed by atoms with E-state index in [0.29, 0.717) is 5.56 Å². The van der Waals surface area contributed by atoms with E-state index in [1.807, 2.05) is 19.6 Å². The molecule has 14 heteroatoms. The number of benzene rings is 2. The van der Waals surface area contributed by atoms with Gasteiger partial charge in [-0.3, -0.25) is 4.31 Å². The Morgan fingerprint density at radius 3 is 2.23 bits per heavy atom. The number of hydrogen-bond acceptors (Lipinski definition) is 5. The van der Waals surface area contributed by atoms with Gasteiger partial charge in [0.1, 0.15) is 25.3 Å². The highest BCUT2D eigenvalue weighted by Gasteiger charge is 2.36. The molecule has 4 rings (SSSR count). The van der Waals surface area contributed by atoms with Gasteiger partial charge in [0, 0.05) is 5.56 Å². The Morgan fingerprint density at radius 2 is 1.64 bits per heavy atom. The Bertz CT molecular complexity index is 1570. The van der Waals surface area contributed by atoms with E-state index >= 15 is 0 Å². The lowest BCUT2D eigenvalue weighted by Gasteiger charge is -2.26. The van der Waals surface area contributed by atoms with Crippen molar-refractivity contribution in [3.8, 4) is 17.2 Å². The van der Waals surface area contributed by atoms with Gasteiger partial charge >= 0.3 is 12.5 Å². The minimum atomic E-state index is -4.97. The number of pyridine rings is 1. The van der Waals surface area contributed by atoms with Gasteiger partial charge in [0.15, 0.2) is 0 Å². The molecule has 2 heterocycles. The monoisotopic (exact) mass is 585 g/mol. The quantitative estimate of drug-likeness (QED) is 0.211. The highest BCUT2D eigenvalue weighted by Crippen LogP contribution is 2.41. The van der Waals surface area contributed by atoms with Crippen molar-refractivity contribution >= 4 is 35.3 Å². The van der Waals surface area contributed by atoms with Gasteiger partial charge in [-0.1, -0.05) is 37.7 Å². The van der Waals surface area contributed by atoms with E-state index in [4.69, 9.17) is 0 Å². The summed E-state index contributed by atoms with van der Waals surface area (Å²) in [5.41, 5.74) is 2.64. The fraction of sp³-hybridized carbons (Fsp3) is 0.240. The highest BCUT2D eigenvalue weighted by atomic mass is 32.2. The van der Waals surface area contributed by atoms with Crippen LogP contribution in [0.1, 0.15) is 16.8 Å². The standard InChI is InChI=1S/C25H21F6N3O3SSi/c1-39(2,3)14-13-16-5-4-6-20-22(16)34(15-17-7-12-21(24(26,27)28)33-23(17)32-20)38(35,36)19-10-8-18(9-11-19)37-25(29,30)31/h4-12H,15H2,1-3H3,(H,32,33). The molecule has 0 saturated heterocycles. The van der Waals surface area contributed by atoms with Crippen molar-refractivity contribution in [2.75, 3.05) is 9.62 Å². The van der Waals surface area contributed by atoms with Gasteiger partial charge in [0.05, 0.1) is 28.4 Å². The zero-order chi connectivity index (χ0) is 28.8. The lowest BCUT2D eigenvalue weighted by Crippen LogP contribution is -2.31. The molecule has 39 heavy (non-hydrogen) atoms. The molecule has 0 atom stereocenters. The second kappa shape index (κ2) is 9.80. The number of para-hydroxylation sites is 1. The maximum Gasteiger partial charge on any atom is 0.573 e. The predicted octanol–water partition coefficient (Wildman–Crippen LogP) is 6.68. The lowest BCUT2D eigenvalue weighted by atomic mass is 10.1. The second-order valence-electron chi connectivity index (χ2n) is 9.56. The number of ether oxygens (including phenoxy) is 1. The van der Waals surface area contributed by atoms with Gasteiger partial charge in [-0.15, -0.1) is 18.7 Å². The molecule has 0 unspecified atom stereocenters. The van der Waals surface area contributed by atoms with Crippen LogP contribution in [0.25, 0.3) is 0 Å². The van der Waals surface area contributed by atoms with Crippen molar-refractivity contribution < 1.29 is 39.5 Å². The summed E-state index contributed by atoms with van der Waals surface area (Å²) in [6, 6.07) is 10.1. The average molecular weight is 586 g/mol. The first kappa shape index (κ1) is 28.3. The topological polar surface area (TPSA) is 71.5 Å². The Hall–Kier alpha value is -3.70. The van der Waals surface area contributed by atoms with Crippen LogP contribution in [-0.2, 0) is 22.7 Å². The molecule has 0 saturated carbocycles. The first-order valence-corrected chi connectivity index (χ1v) is 16.3. The number of aromatic nitrogens is 1. The SMILES string of the molecule is C[Si](C)(C)C#Cc1cccc2c1N(S(=O)(=O)c1ccc(OC(F)(F)F)cc1)Cc1ccc(C(F)(F)F)nc1N2. The van der Waals surface area contributed by atoms with Crippen molar-refractivity contribution in [3.63, 3.8) is 0 Å². The van der Waals surface area contributed by atoms with Crippen LogP contribution in [-0.4, -0.2) is 27.8 Å². The van der Waals surface area contributed by atoms with Crippen LogP contribution in [0, 0.1) is 11.5 Å². The van der Waals surface area contributed by atoms with Crippen molar-refractivity contribution in [2.45, 2.75) is 43.6 Å². The molecule has 0 bridgehead atoms. The van der Waals surface area contributed by atoms with Crippen LogP contribution in [0.3, 0.4) is 0 Å². The van der Waals surface area contributed by atoms with E-state index in [1.165, 1.54) is 6.07 Å². The second-order valence-corrected chi connectivity index (χ2v) is 16.2. The first-order chi connectivity index (χ1) is 17.9. The number of alkyl halides is 6. The van der Waals surface area contributed by atoms with E-state index in [-0.39, 0.29) is 27.7 Å². The van der Waals surface area contributed by atoms with E-state index in [0.717, 1.165) is 40.7 Å². The molecule has 1 aromatic heterocycles. The summed E-state index contributed by atoms with van der Waals surface area (Å²) in [4.78, 5) is 3.32. The molecule has 2 aromatic carbocycles. The molecule has 3 aromatic rings. The average Bonchev–Trinajstić information content (AvgIpc) is 2.98. The third kappa shape index (κ3) is 6.48. The summed E-state index contributed by atoms with van der Waals surface area (Å²) in [6.45, 7) is 5.53. The van der Waals surface area contributed by atoms with Gasteiger partial charge in [-0.25, -0.2) is 13.4 Å². The fourth-order valence-electron chi connectivity index (χ4n) is 3.66. The van der Waals surface area contributed by atoms with Crippen LogP contribution >= 0.6 is 0 Å². The zero-order valence-electron chi connectivity index (χ0n) is 20.7. The largest absolute Gasteiger partial charge is 0.573 e. The molecule has 0 fully saturated rings. The summed E-state index contributed by atoms with van der Waals surface area (Å²) in [5.74, 6) is 2.21. The third-order valence-corrected chi connectivity index (χ3v) is 7.97. The van der Waals surface area contributed by atoms with E-state index in [2.05, 4.69) is 26.5 Å². The van der Waals surface area contributed by atoms with Crippen LogP contribution < -0.4 is 14.4 Å². The summed E-state index contributed by atoms with van der Waals surface area (Å²) in [5, 5.41) is 2.82. The molecular weight excluding hydrogens is 564 g/mol. The van der Waals surface area contributed by atoms with Crippen LogP contribution in [0.15, 0.2) is 59.5 Å². The molecule has 0 aliphatic carbocycles. The number of sulfonamides is 1. The molecule has 6 nitrogen and oxygen atoms in total. The number of fused-ring (bicyclic) bond motifs is 2. The third-order valence-electron chi connectivity index (χ3n) is 5.34. The van der Waals surface area contributed by atoms with Crippen molar-refractivity contribution in [1.82, 2.24) is 4.98 Å². The summed E-state index contributed by atoms with van der Waals surface area (Å²) in [6.07, 6.45) is -9.70. The highest BCUT2D eigenvalue weighted by molar-refractivity contribution is 7.92. The molecule has 1 aliphatic heterocycles. The molecule has 1 N–H and O–H groups in total. The normalized spacial score (nSPS) is 13.8. The molecular formula is C25H21F6N3O3SSi. The van der Waals surface area contributed by atoms with Gasteiger partial charge in [0.2, 0.25) is 0 Å². The molecule has 0 amide bonds. The van der Waals surface area contributed by atoms with E-state index < -0.39 is 48.6 Å². The summed E-state index contributed by atoms with van der Waals surface area (Å²) >= 11 is 0. The Morgan fingerprint density at radius 1 is 0.974 bits per heavy atom. The number of anilines is 3. The van der Waals surface area contributed by atoms with Gasteiger partial charge in [0.25, 0.3) is 10.0 Å². The van der Waals surface area contributed by atoms with Gasteiger partial charge in [-0.2, -0.15) is 13.2 Å². The van der Waals surface area contributed by atoms with Crippen LogP contribution in [0.5, 0.6) is 5.75 Å². The maximum absolute atomic E-state index is 13.9. The van der Waals surface area contributed by atoms with Crippen molar-refractivity contribution in [1.29, 1.82) is 0 Å². The Kier molecular flexibility index (Phi) is 7.11. The minimum Gasteiger partial charge on any atom is -0.406 e. The number of nitrogens with one attached hydrogen (secondary N) is 1. The number of hydrogen-bond donors (Lipinski definition) is 1. The first-order valence-electron chi connectivity index (χ1n) is 11.3. The number of halogens is 6. The molecule has 1 aliphatic rings. The smallest absolute Gasteiger partial charge is 0.406 e. The molecule has 0 radical (unpaired) electrons. The lowest BCUT2D eigenvalue weighted by molar-refractivity contribution is -0.274. The van der Waals surface area contributed by atoms with Crippen molar-refractivity contribution in [2.24, 2.45) is 0 Å². The summed E-state index contributed by atoms with van der Waals surface area (Å²) < 4.78 is 110. The van der Waals surface area contributed by atoms with Crippen LogP contribution in [0.2, 0.25) is 19.6 Å². The molecule has 0 spiro atoms. The fourth-order valence-corrected chi connectivity index (χ4v) is 5.65. The number of rotatable bonds is 3. The summed E-state index contributed by atoms with van der Waals surface area (Å²) in [7, 11) is -6.41. The van der Waals surface area contributed by atoms with E-state index in [9.17, 15) is 34.8 Å². The Balaban J connectivity index is 1.90. The van der Waals surface area contributed by atoms with Gasteiger partial charge in [-0.05, 0) is 42.5 Å². The van der Waals surface area contributed by atoms with E-state index in [1.54, 1.807) is 12.1 Å². The molecule has 206 valence electrons. The van der Waals surface area contributed by atoms with Crippen LogP contribution in [0.4, 0.5) is 43.5 Å². The predicted molar refractivity (Wildman–Crippen MR) is 136 cm³/mol.